The lowest BCUT2D eigenvalue weighted by atomic mass is 10.1. The van der Waals surface area contributed by atoms with Gasteiger partial charge < -0.3 is 4.74 Å². The molecule has 0 saturated heterocycles. The third-order valence-electron chi connectivity index (χ3n) is 1.83. The van der Waals surface area contributed by atoms with Crippen LogP contribution in [-0.4, -0.2) is 5.60 Å². The summed E-state index contributed by atoms with van der Waals surface area (Å²) in [5, 5.41) is 8.69. The number of nitrogens with zero attached hydrogens (tertiary/aromatic N) is 1. The fraction of sp³-hybridized carbons (Fsp3) is 0.364. The van der Waals surface area contributed by atoms with E-state index in [2.05, 4.69) is 0 Å². The highest BCUT2D eigenvalue weighted by molar-refractivity contribution is 5.36. The molecular formula is C11H10F3NO. The van der Waals surface area contributed by atoms with E-state index in [1.165, 1.54) is 32.0 Å². The molecule has 0 heterocycles. The Labute approximate surface area is 91.3 Å². The molecule has 1 aromatic carbocycles. The van der Waals surface area contributed by atoms with E-state index in [4.69, 9.17) is 10.00 Å². The van der Waals surface area contributed by atoms with Crippen molar-refractivity contribution in [2.75, 3.05) is 0 Å². The first-order valence-electron chi connectivity index (χ1n) is 4.53. The maximum atomic E-state index is 12.6. The summed E-state index contributed by atoms with van der Waals surface area (Å²) in [6.07, 6.45) is -4.48. The van der Waals surface area contributed by atoms with Crippen LogP contribution in [0.25, 0.3) is 0 Å². The van der Waals surface area contributed by atoms with Crippen molar-refractivity contribution in [3.63, 3.8) is 0 Å². The molecule has 0 atom stereocenters. The average Bonchev–Trinajstić information content (AvgIpc) is 2.16. The largest absolute Gasteiger partial charge is 0.472 e. The molecule has 0 aliphatic rings. The van der Waals surface area contributed by atoms with Crippen molar-refractivity contribution in [3.05, 3.63) is 29.8 Å². The van der Waals surface area contributed by atoms with Crippen LogP contribution in [0.2, 0.25) is 0 Å². The van der Waals surface area contributed by atoms with Gasteiger partial charge in [0.25, 0.3) is 0 Å². The maximum Gasteiger partial charge on any atom is 0.419 e. The normalized spacial score (nSPS) is 12.0. The van der Waals surface area contributed by atoms with Gasteiger partial charge in [-0.1, -0.05) is 12.1 Å². The number of hydrogen-bond acceptors (Lipinski definition) is 2. The van der Waals surface area contributed by atoms with E-state index in [0.29, 0.717) is 0 Å². The quantitative estimate of drug-likeness (QED) is 0.778. The second-order valence-electron chi connectivity index (χ2n) is 3.72. The van der Waals surface area contributed by atoms with Crippen LogP contribution in [-0.2, 0) is 6.18 Å². The van der Waals surface area contributed by atoms with Crippen LogP contribution in [0.15, 0.2) is 24.3 Å². The second kappa shape index (κ2) is 4.05. The number of hydrogen-bond donors (Lipinski definition) is 0. The van der Waals surface area contributed by atoms with E-state index >= 15 is 0 Å². The minimum Gasteiger partial charge on any atom is -0.472 e. The molecule has 1 aromatic rings. The van der Waals surface area contributed by atoms with Crippen molar-refractivity contribution >= 4 is 0 Å². The highest BCUT2D eigenvalue weighted by atomic mass is 19.4. The molecule has 0 bridgehead atoms. The van der Waals surface area contributed by atoms with Crippen molar-refractivity contribution in [1.29, 1.82) is 5.26 Å². The van der Waals surface area contributed by atoms with Crippen LogP contribution in [0, 0.1) is 11.3 Å². The molecule has 16 heavy (non-hydrogen) atoms. The Hall–Kier alpha value is -1.70. The number of rotatable bonds is 2. The summed E-state index contributed by atoms with van der Waals surface area (Å²) in [5.74, 6) is -0.332. The van der Waals surface area contributed by atoms with Crippen molar-refractivity contribution < 1.29 is 17.9 Å². The van der Waals surface area contributed by atoms with E-state index in [0.717, 1.165) is 6.07 Å². The Morgan fingerprint density at radius 2 is 1.75 bits per heavy atom. The standard InChI is InChI=1S/C11H10F3NO/c1-10(2,7-15)16-9-6-4-3-5-8(9)11(12,13)14/h3-6H,1-2H3. The molecule has 0 aliphatic heterocycles. The predicted molar refractivity (Wildman–Crippen MR) is 51.8 cm³/mol. The van der Waals surface area contributed by atoms with Gasteiger partial charge in [0.1, 0.15) is 11.8 Å². The minimum atomic E-state index is -4.48. The van der Waals surface area contributed by atoms with Crippen molar-refractivity contribution in [2.24, 2.45) is 0 Å². The predicted octanol–water partition coefficient (Wildman–Crippen LogP) is 3.39. The molecule has 1 rings (SSSR count). The lowest BCUT2D eigenvalue weighted by molar-refractivity contribution is -0.139. The molecule has 0 spiro atoms. The first-order valence-corrected chi connectivity index (χ1v) is 4.53. The number of benzene rings is 1. The summed E-state index contributed by atoms with van der Waals surface area (Å²) in [5.41, 5.74) is -2.17. The molecule has 0 N–H and O–H groups in total. The average molecular weight is 229 g/mol. The van der Waals surface area contributed by atoms with Gasteiger partial charge in [-0.25, -0.2) is 0 Å². The zero-order valence-electron chi connectivity index (χ0n) is 8.80. The molecule has 0 aliphatic carbocycles. The Morgan fingerprint density at radius 1 is 1.19 bits per heavy atom. The summed E-state index contributed by atoms with van der Waals surface area (Å²) in [7, 11) is 0. The second-order valence-corrected chi connectivity index (χ2v) is 3.72. The number of ether oxygens (including phenoxy) is 1. The molecule has 5 heteroatoms. The Balaban J connectivity index is 3.12. The SMILES string of the molecule is CC(C)(C#N)Oc1ccccc1C(F)(F)F. The Morgan fingerprint density at radius 3 is 2.25 bits per heavy atom. The maximum absolute atomic E-state index is 12.6. The van der Waals surface area contributed by atoms with Gasteiger partial charge in [0.2, 0.25) is 0 Å². The van der Waals surface area contributed by atoms with E-state index in [1.807, 2.05) is 0 Å². The summed E-state index contributed by atoms with van der Waals surface area (Å²) < 4.78 is 42.7. The molecule has 0 amide bonds. The van der Waals surface area contributed by atoms with Crippen molar-refractivity contribution in [1.82, 2.24) is 0 Å². The van der Waals surface area contributed by atoms with Crippen LogP contribution in [0.3, 0.4) is 0 Å². The zero-order chi connectivity index (χ0) is 12.4. The monoisotopic (exact) mass is 229 g/mol. The number of alkyl halides is 3. The van der Waals surface area contributed by atoms with E-state index in [1.54, 1.807) is 6.07 Å². The summed E-state index contributed by atoms with van der Waals surface area (Å²) in [6.45, 7) is 2.81. The van der Waals surface area contributed by atoms with Gasteiger partial charge in [-0.2, -0.15) is 18.4 Å². The molecule has 2 nitrogen and oxygen atoms in total. The lowest BCUT2D eigenvalue weighted by Gasteiger charge is -2.21. The first-order chi connectivity index (χ1) is 7.26. The highest BCUT2D eigenvalue weighted by Gasteiger charge is 2.35. The first kappa shape index (κ1) is 12.4. The third kappa shape index (κ3) is 2.89. The van der Waals surface area contributed by atoms with Crippen LogP contribution >= 0.6 is 0 Å². The van der Waals surface area contributed by atoms with Gasteiger partial charge in [0.15, 0.2) is 5.60 Å². The van der Waals surface area contributed by atoms with Gasteiger partial charge in [-0.15, -0.1) is 0 Å². The van der Waals surface area contributed by atoms with E-state index in [-0.39, 0.29) is 5.75 Å². The van der Waals surface area contributed by atoms with Gasteiger partial charge in [-0.3, -0.25) is 0 Å². The molecule has 0 radical (unpaired) electrons. The fourth-order valence-corrected chi connectivity index (χ4v) is 1.09. The lowest BCUT2D eigenvalue weighted by Crippen LogP contribution is -2.26. The van der Waals surface area contributed by atoms with Gasteiger partial charge in [-0.05, 0) is 26.0 Å². The number of halogens is 3. The smallest absolute Gasteiger partial charge is 0.419 e. The van der Waals surface area contributed by atoms with Gasteiger partial charge in [0.05, 0.1) is 5.56 Å². The summed E-state index contributed by atoms with van der Waals surface area (Å²) >= 11 is 0. The van der Waals surface area contributed by atoms with Crippen molar-refractivity contribution in [3.8, 4) is 11.8 Å². The summed E-state index contributed by atoms with van der Waals surface area (Å²) in [4.78, 5) is 0. The van der Waals surface area contributed by atoms with E-state index in [9.17, 15) is 13.2 Å². The zero-order valence-corrected chi connectivity index (χ0v) is 8.80. The molecule has 0 saturated carbocycles. The topological polar surface area (TPSA) is 33.0 Å². The number of para-hydroxylation sites is 1. The van der Waals surface area contributed by atoms with Gasteiger partial charge in [0, 0.05) is 0 Å². The molecule has 0 fully saturated rings. The minimum absolute atomic E-state index is 0.332. The van der Waals surface area contributed by atoms with Crippen LogP contribution < -0.4 is 4.74 Å². The Bertz CT molecular complexity index is 418. The van der Waals surface area contributed by atoms with E-state index < -0.39 is 17.3 Å². The molecule has 0 unspecified atom stereocenters. The fourth-order valence-electron chi connectivity index (χ4n) is 1.09. The third-order valence-corrected chi connectivity index (χ3v) is 1.83. The van der Waals surface area contributed by atoms with Crippen LogP contribution in [0.5, 0.6) is 5.75 Å². The Kier molecular flexibility index (Phi) is 3.13. The summed E-state index contributed by atoms with van der Waals surface area (Å²) in [6, 6.07) is 6.60. The molecule has 0 aromatic heterocycles. The van der Waals surface area contributed by atoms with Crippen LogP contribution in [0.4, 0.5) is 13.2 Å². The van der Waals surface area contributed by atoms with Crippen LogP contribution in [0.1, 0.15) is 19.4 Å². The highest BCUT2D eigenvalue weighted by Crippen LogP contribution is 2.37. The molecular weight excluding hydrogens is 219 g/mol. The van der Waals surface area contributed by atoms with Crippen molar-refractivity contribution in [2.45, 2.75) is 25.6 Å². The number of nitriles is 1. The molecule has 86 valence electrons. The van der Waals surface area contributed by atoms with Gasteiger partial charge >= 0.3 is 6.18 Å².